The van der Waals surface area contributed by atoms with E-state index in [9.17, 15) is 22.9 Å². The minimum absolute atomic E-state index is 0.703. The fourth-order valence-electron chi connectivity index (χ4n) is 6.57. The van der Waals surface area contributed by atoms with Gasteiger partial charge in [-0.1, -0.05) is 155 Å². The van der Waals surface area contributed by atoms with Crippen molar-refractivity contribution in [1.29, 1.82) is 0 Å². The molecule has 0 rings (SSSR count). The Hall–Kier alpha value is -0.186. The zero-order valence-corrected chi connectivity index (χ0v) is 26.1. The normalized spacial score (nSPS) is 13.4. The molecule has 8 heteroatoms. The van der Waals surface area contributed by atoms with Crippen molar-refractivity contribution in [2.75, 3.05) is 0 Å². The number of hydrogen-bond acceptors (Lipinski definition) is 3. The number of hydrogen-bond donors (Lipinski definition) is 2. The van der Waals surface area contributed by atoms with Crippen LogP contribution in [0.4, 0.5) is 0 Å². The molecule has 0 fully saturated rings. The van der Waals surface area contributed by atoms with Gasteiger partial charge in [0.05, 0.1) is 16.1 Å². The lowest BCUT2D eigenvalue weighted by Gasteiger charge is -2.55. The summed E-state index contributed by atoms with van der Waals surface area (Å²) in [6, 6.07) is 4.22. The van der Waals surface area contributed by atoms with Gasteiger partial charge in [-0.3, -0.25) is 9.35 Å². The van der Waals surface area contributed by atoms with Gasteiger partial charge in [0.15, 0.2) is 3.99 Å². The van der Waals surface area contributed by atoms with E-state index in [1.54, 1.807) is 0 Å². The van der Waals surface area contributed by atoms with Crippen LogP contribution in [0.5, 0.6) is 0 Å². The third-order valence-electron chi connectivity index (χ3n) is 8.24. The second kappa shape index (κ2) is 16.5. The quantitative estimate of drug-likeness (QED) is 0.107. The second-order valence-corrected chi connectivity index (χ2v) is 23.1. The molecule has 0 saturated carbocycles. The molecule has 0 radical (unpaired) electrons. The third kappa shape index (κ3) is 7.66. The van der Waals surface area contributed by atoms with Gasteiger partial charge >= 0.3 is 5.97 Å². The molecule has 5 nitrogen and oxygen atoms in total. The molecule has 0 heterocycles. The number of carbonyl (C=O) groups is 1. The Bertz CT molecular complexity index is 591. The maximum absolute atomic E-state index is 13.8. The van der Waals surface area contributed by atoms with Crippen LogP contribution in [0.25, 0.3) is 0 Å². The molecule has 204 valence electrons. The average molecular weight is 537 g/mol. The van der Waals surface area contributed by atoms with Gasteiger partial charge in [0, 0.05) is 0 Å². The summed E-state index contributed by atoms with van der Waals surface area (Å²) >= 11 is 0. The highest BCUT2D eigenvalue weighted by molar-refractivity contribution is 7.93. The van der Waals surface area contributed by atoms with E-state index in [1.165, 1.54) is 0 Å². The van der Waals surface area contributed by atoms with Crippen molar-refractivity contribution >= 4 is 32.2 Å². The van der Waals surface area contributed by atoms with E-state index in [0.717, 1.165) is 77.0 Å². The Balaban J connectivity index is 7.68. The molecule has 0 unspecified atom stereocenters. The van der Waals surface area contributed by atoms with Crippen LogP contribution in [0.3, 0.4) is 0 Å². The van der Waals surface area contributed by atoms with Crippen LogP contribution in [0.2, 0.25) is 36.3 Å². The number of carboxylic acid groups (broad SMARTS) is 1. The van der Waals surface area contributed by atoms with Crippen LogP contribution in [0.15, 0.2) is 0 Å². The Kier molecular flexibility index (Phi) is 16.4. The van der Waals surface area contributed by atoms with Gasteiger partial charge < -0.3 is 5.11 Å². The standard InChI is InChI=1S/C26H56O5SSi2/c1-7-13-19-33(20-14-8-2,21-15-9-3)26(25(27)28,32(29,30)31)34(22-16-10-4,23-17-11-5)24-18-12-6/h7-24H2,1-6H3,(H,27,28)(H,29,30,31). The van der Waals surface area contributed by atoms with Crippen LogP contribution < -0.4 is 0 Å². The Morgan fingerprint density at radius 2 is 0.794 bits per heavy atom. The van der Waals surface area contributed by atoms with E-state index in [-0.39, 0.29) is 0 Å². The Labute approximate surface area is 213 Å². The van der Waals surface area contributed by atoms with Crippen LogP contribution in [0.1, 0.15) is 119 Å². The molecule has 0 atom stereocenters. The van der Waals surface area contributed by atoms with Gasteiger partial charge in [-0.15, -0.1) is 0 Å². The third-order valence-corrected chi connectivity index (χ3v) is 27.8. The van der Waals surface area contributed by atoms with Crippen LogP contribution in [-0.2, 0) is 14.9 Å². The van der Waals surface area contributed by atoms with Crippen molar-refractivity contribution in [3.63, 3.8) is 0 Å². The summed E-state index contributed by atoms with van der Waals surface area (Å²) in [5, 5.41) is 11.2. The molecule has 0 bridgehead atoms. The predicted molar refractivity (Wildman–Crippen MR) is 152 cm³/mol. The highest BCUT2D eigenvalue weighted by Gasteiger charge is 2.74. The summed E-state index contributed by atoms with van der Waals surface area (Å²) in [5.41, 5.74) is 0. The molecule has 0 saturated heterocycles. The van der Waals surface area contributed by atoms with Gasteiger partial charge in [-0.25, -0.2) is 0 Å². The van der Waals surface area contributed by atoms with E-state index in [1.807, 2.05) is 0 Å². The zero-order chi connectivity index (χ0) is 26.3. The van der Waals surface area contributed by atoms with Gasteiger partial charge in [-0.2, -0.15) is 8.42 Å². The molecular formula is C26H56O5SSi2. The highest BCUT2D eigenvalue weighted by Crippen LogP contribution is 2.52. The highest BCUT2D eigenvalue weighted by atomic mass is 32.2. The van der Waals surface area contributed by atoms with Crippen molar-refractivity contribution in [2.45, 2.75) is 159 Å². The molecule has 0 aliphatic carbocycles. The summed E-state index contributed by atoms with van der Waals surface area (Å²) in [6.45, 7) is 12.6. The van der Waals surface area contributed by atoms with Crippen molar-refractivity contribution in [1.82, 2.24) is 0 Å². The van der Waals surface area contributed by atoms with Gasteiger partial charge in [0.1, 0.15) is 0 Å². The summed E-state index contributed by atoms with van der Waals surface area (Å²) < 4.78 is 36.9. The summed E-state index contributed by atoms with van der Waals surface area (Å²) in [7, 11) is -10.8. The molecule has 0 spiro atoms. The van der Waals surface area contributed by atoms with E-state index in [0.29, 0.717) is 36.3 Å². The second-order valence-electron chi connectivity index (χ2n) is 10.6. The lowest BCUT2D eigenvalue weighted by Crippen LogP contribution is -2.80. The molecule has 0 aromatic heterocycles. The molecular weight excluding hydrogens is 481 g/mol. The summed E-state index contributed by atoms with van der Waals surface area (Å²) in [5.74, 6) is -1.19. The summed E-state index contributed by atoms with van der Waals surface area (Å²) in [6.07, 6.45) is 10.6. The predicted octanol–water partition coefficient (Wildman–Crippen LogP) is 8.47. The lowest BCUT2D eigenvalue weighted by atomic mass is 10.4. The fourth-order valence-corrected chi connectivity index (χ4v) is 30.5. The first-order valence-electron chi connectivity index (χ1n) is 14.3. The zero-order valence-electron chi connectivity index (χ0n) is 23.3. The average Bonchev–Trinajstić information content (AvgIpc) is 2.79. The van der Waals surface area contributed by atoms with Crippen LogP contribution >= 0.6 is 0 Å². The van der Waals surface area contributed by atoms with Crippen molar-refractivity contribution in [2.24, 2.45) is 0 Å². The minimum atomic E-state index is -4.80. The smallest absolute Gasteiger partial charge is 0.321 e. The Morgan fingerprint density at radius 3 is 0.912 bits per heavy atom. The first-order chi connectivity index (χ1) is 16.1. The van der Waals surface area contributed by atoms with E-state index >= 15 is 0 Å². The number of rotatable bonds is 22. The van der Waals surface area contributed by atoms with E-state index < -0.39 is 36.2 Å². The lowest BCUT2D eigenvalue weighted by molar-refractivity contribution is -0.136. The van der Waals surface area contributed by atoms with E-state index in [4.69, 9.17) is 0 Å². The molecule has 0 aromatic carbocycles. The molecule has 0 aliphatic rings. The maximum atomic E-state index is 13.8. The molecule has 34 heavy (non-hydrogen) atoms. The van der Waals surface area contributed by atoms with Gasteiger partial charge in [-0.05, 0) is 0 Å². The monoisotopic (exact) mass is 536 g/mol. The van der Waals surface area contributed by atoms with Crippen molar-refractivity contribution in [3.05, 3.63) is 0 Å². The number of unbranched alkanes of at least 4 members (excludes halogenated alkanes) is 6. The SMILES string of the molecule is CCCC[Si](CCCC)(CCCC)C(C(=O)O)([Si](CCCC)(CCCC)CCCC)S(=O)(=O)O. The van der Waals surface area contributed by atoms with Crippen molar-refractivity contribution in [3.8, 4) is 0 Å². The maximum Gasteiger partial charge on any atom is 0.321 e. The van der Waals surface area contributed by atoms with Crippen molar-refractivity contribution < 1.29 is 22.9 Å². The minimum Gasteiger partial charge on any atom is -0.480 e. The molecule has 2 N–H and O–H groups in total. The molecule has 0 amide bonds. The van der Waals surface area contributed by atoms with E-state index in [2.05, 4.69) is 41.5 Å². The number of aliphatic carboxylic acids is 1. The number of carboxylic acids is 1. The molecule has 0 aliphatic heterocycles. The fraction of sp³-hybridized carbons (Fsp3) is 0.962. The topological polar surface area (TPSA) is 91.7 Å². The first-order valence-corrected chi connectivity index (χ1v) is 20.9. The van der Waals surface area contributed by atoms with Crippen LogP contribution in [-0.4, -0.2) is 44.2 Å². The first kappa shape index (κ1) is 33.8. The molecule has 0 aromatic rings. The van der Waals surface area contributed by atoms with Gasteiger partial charge in [0.25, 0.3) is 10.1 Å². The summed E-state index contributed by atoms with van der Waals surface area (Å²) in [4.78, 5) is 13.7. The van der Waals surface area contributed by atoms with Gasteiger partial charge in [0.2, 0.25) is 0 Å². The van der Waals surface area contributed by atoms with Crippen LogP contribution in [0, 0.1) is 0 Å². The Morgan fingerprint density at radius 1 is 0.588 bits per heavy atom. The largest absolute Gasteiger partial charge is 0.480 e.